The maximum absolute atomic E-state index is 12.1. The van der Waals surface area contributed by atoms with Crippen LogP contribution in [0.3, 0.4) is 0 Å². The van der Waals surface area contributed by atoms with E-state index in [0.29, 0.717) is 12.2 Å². The molecule has 3 rings (SSSR count). The van der Waals surface area contributed by atoms with Crippen LogP contribution in [-0.4, -0.2) is 31.8 Å². The summed E-state index contributed by atoms with van der Waals surface area (Å²) in [7, 11) is -3.58. The Bertz CT molecular complexity index is 823. The van der Waals surface area contributed by atoms with Gasteiger partial charge in [0, 0.05) is 18.0 Å². The Morgan fingerprint density at radius 3 is 2.58 bits per heavy atom. The fraction of sp³-hybridized carbons (Fsp3) is 0.412. The summed E-state index contributed by atoms with van der Waals surface area (Å²) in [6.07, 6.45) is 2.00. The van der Waals surface area contributed by atoms with Gasteiger partial charge in [-0.2, -0.15) is 0 Å². The lowest BCUT2D eigenvalue weighted by Gasteiger charge is -2.16. The van der Waals surface area contributed by atoms with Crippen LogP contribution in [0.4, 0.5) is 0 Å². The molecule has 6 nitrogen and oxygen atoms in total. The Hall–Kier alpha value is -2.15. The van der Waals surface area contributed by atoms with Gasteiger partial charge in [0.25, 0.3) is 0 Å². The maximum atomic E-state index is 12.1. The molecule has 1 aliphatic rings. The average Bonchev–Trinajstić information content (AvgIpc) is 3.23. The monoisotopic (exact) mass is 348 g/mol. The largest absolute Gasteiger partial charge is 0.360 e. The van der Waals surface area contributed by atoms with E-state index in [1.165, 1.54) is 5.56 Å². The second kappa shape index (κ2) is 6.39. The van der Waals surface area contributed by atoms with E-state index in [1.807, 2.05) is 30.3 Å². The van der Waals surface area contributed by atoms with Crippen molar-refractivity contribution in [3.8, 4) is 0 Å². The Labute approximate surface area is 141 Å². The molecule has 1 heterocycles. The second-order valence-corrected chi connectivity index (χ2v) is 8.45. The minimum absolute atomic E-state index is 0.0390. The van der Waals surface area contributed by atoms with Gasteiger partial charge in [-0.3, -0.25) is 4.79 Å². The summed E-state index contributed by atoms with van der Waals surface area (Å²) < 4.78 is 29.1. The molecule has 0 saturated heterocycles. The molecular weight excluding hydrogens is 328 g/mol. The predicted octanol–water partition coefficient (Wildman–Crippen LogP) is 1.75. The van der Waals surface area contributed by atoms with E-state index < -0.39 is 21.5 Å². The number of hydrogen-bond donors (Lipinski definition) is 1. The van der Waals surface area contributed by atoms with Gasteiger partial charge in [-0.25, -0.2) is 8.42 Å². The summed E-state index contributed by atoms with van der Waals surface area (Å²) in [5.41, 5.74) is 1.76. The van der Waals surface area contributed by atoms with Crippen molar-refractivity contribution in [2.45, 2.75) is 30.9 Å². The van der Waals surface area contributed by atoms with Crippen molar-refractivity contribution < 1.29 is 17.7 Å². The number of benzene rings is 1. The van der Waals surface area contributed by atoms with Crippen LogP contribution in [0.15, 0.2) is 40.9 Å². The molecular formula is C17H20N2O4S. The third-order valence-corrected chi connectivity index (χ3v) is 5.68. The normalized spacial score (nSPS) is 15.9. The number of hydrogen-bond acceptors (Lipinski definition) is 5. The average molecular weight is 348 g/mol. The third-order valence-electron chi connectivity index (χ3n) is 4.25. The van der Waals surface area contributed by atoms with E-state index in [0.717, 1.165) is 12.8 Å². The molecule has 24 heavy (non-hydrogen) atoms. The molecule has 1 saturated carbocycles. The highest BCUT2D eigenvalue weighted by Gasteiger charge is 2.44. The number of carbonyl (C=O) groups is 1. The molecule has 0 bridgehead atoms. The van der Waals surface area contributed by atoms with Crippen molar-refractivity contribution in [1.82, 2.24) is 10.5 Å². The number of carbonyl (C=O) groups excluding carboxylic acids is 1. The van der Waals surface area contributed by atoms with Crippen LogP contribution in [0.5, 0.6) is 0 Å². The van der Waals surface area contributed by atoms with E-state index in [-0.39, 0.29) is 16.9 Å². The Morgan fingerprint density at radius 2 is 2.00 bits per heavy atom. The number of rotatable bonds is 7. The molecule has 1 aliphatic carbocycles. The Kier molecular flexibility index (Phi) is 4.45. The van der Waals surface area contributed by atoms with Gasteiger partial charge in [-0.1, -0.05) is 35.5 Å². The number of amides is 1. The summed E-state index contributed by atoms with van der Waals surface area (Å²) in [5, 5.41) is 6.42. The van der Waals surface area contributed by atoms with E-state index >= 15 is 0 Å². The molecule has 128 valence electrons. The van der Waals surface area contributed by atoms with Crippen molar-refractivity contribution in [1.29, 1.82) is 0 Å². The number of aryl methyl sites for hydroxylation is 1. The first-order valence-electron chi connectivity index (χ1n) is 7.83. The zero-order valence-corrected chi connectivity index (χ0v) is 14.3. The summed E-state index contributed by atoms with van der Waals surface area (Å²) >= 11 is 0. The number of aromatic nitrogens is 1. The van der Waals surface area contributed by atoms with E-state index in [2.05, 4.69) is 10.5 Å². The van der Waals surface area contributed by atoms with Crippen LogP contribution >= 0.6 is 0 Å². The zero-order valence-electron chi connectivity index (χ0n) is 13.5. The van der Waals surface area contributed by atoms with E-state index in [1.54, 1.807) is 13.0 Å². The molecule has 0 aliphatic heterocycles. The van der Waals surface area contributed by atoms with Crippen LogP contribution in [0, 0.1) is 6.92 Å². The topological polar surface area (TPSA) is 89.3 Å². The zero-order chi connectivity index (χ0) is 17.2. The quantitative estimate of drug-likeness (QED) is 0.823. The molecule has 0 radical (unpaired) electrons. The highest BCUT2D eigenvalue weighted by molar-refractivity contribution is 7.91. The molecule has 1 N–H and O–H groups in total. The van der Waals surface area contributed by atoms with Crippen LogP contribution in [0.2, 0.25) is 0 Å². The van der Waals surface area contributed by atoms with Gasteiger partial charge in [0.05, 0.1) is 5.69 Å². The molecule has 0 atom stereocenters. The van der Waals surface area contributed by atoms with E-state index in [4.69, 9.17) is 4.52 Å². The minimum atomic E-state index is -3.58. The van der Waals surface area contributed by atoms with Crippen LogP contribution < -0.4 is 5.32 Å². The maximum Gasteiger partial charge on any atom is 0.235 e. The van der Waals surface area contributed by atoms with Crippen molar-refractivity contribution in [3.05, 3.63) is 53.4 Å². The summed E-state index contributed by atoms with van der Waals surface area (Å²) in [6.45, 7) is 2.18. The number of nitrogens with zero attached hydrogens (tertiary/aromatic N) is 1. The van der Waals surface area contributed by atoms with Gasteiger partial charge in [0.1, 0.15) is 11.5 Å². The summed E-state index contributed by atoms with van der Waals surface area (Å²) in [4.78, 5) is 12.0. The number of nitrogens with one attached hydrogen (secondary N) is 1. The molecule has 0 unspecified atom stereocenters. The Balaban J connectivity index is 1.54. The molecule has 2 aromatic rings. The van der Waals surface area contributed by atoms with E-state index in [9.17, 15) is 13.2 Å². The first-order valence-corrected chi connectivity index (χ1v) is 9.66. The van der Waals surface area contributed by atoms with Gasteiger partial charge < -0.3 is 9.84 Å². The first kappa shape index (κ1) is 16.7. The SMILES string of the molecule is Cc1cc(CS(=O)(=O)CC(=O)NCC2(c3ccccc3)CC2)on1. The molecule has 0 spiro atoms. The summed E-state index contributed by atoms with van der Waals surface area (Å²) in [5.74, 6) is -1.08. The fourth-order valence-corrected chi connectivity index (χ4v) is 3.95. The van der Waals surface area contributed by atoms with Crippen molar-refractivity contribution in [2.24, 2.45) is 0 Å². The van der Waals surface area contributed by atoms with Gasteiger partial charge in [0.15, 0.2) is 15.6 Å². The first-order chi connectivity index (χ1) is 11.4. The van der Waals surface area contributed by atoms with Gasteiger partial charge in [-0.15, -0.1) is 0 Å². The minimum Gasteiger partial charge on any atom is -0.360 e. The lowest BCUT2D eigenvalue weighted by molar-refractivity contribution is -0.118. The highest BCUT2D eigenvalue weighted by atomic mass is 32.2. The fourth-order valence-electron chi connectivity index (χ4n) is 2.78. The highest BCUT2D eigenvalue weighted by Crippen LogP contribution is 2.47. The van der Waals surface area contributed by atoms with Crippen molar-refractivity contribution >= 4 is 15.7 Å². The van der Waals surface area contributed by atoms with Gasteiger partial charge >= 0.3 is 0 Å². The van der Waals surface area contributed by atoms with Crippen LogP contribution in [0.1, 0.15) is 29.9 Å². The third kappa shape index (κ3) is 4.03. The molecule has 7 heteroatoms. The smallest absolute Gasteiger partial charge is 0.235 e. The van der Waals surface area contributed by atoms with Gasteiger partial charge in [-0.05, 0) is 25.3 Å². The Morgan fingerprint density at radius 1 is 1.29 bits per heavy atom. The molecule has 1 fully saturated rings. The number of sulfone groups is 1. The molecule has 1 aromatic carbocycles. The predicted molar refractivity (Wildman–Crippen MR) is 89.1 cm³/mol. The second-order valence-electron chi connectivity index (χ2n) is 6.39. The summed E-state index contributed by atoms with van der Waals surface area (Å²) in [6, 6.07) is 11.5. The standard InChI is InChI=1S/C17H20N2O4S/c1-13-9-15(23-19-13)10-24(21,22)11-16(20)18-12-17(7-8-17)14-5-3-2-4-6-14/h2-6,9H,7-8,10-12H2,1H3,(H,18,20). The molecule has 1 amide bonds. The molecule has 1 aromatic heterocycles. The van der Waals surface area contributed by atoms with Crippen molar-refractivity contribution in [2.75, 3.05) is 12.3 Å². The van der Waals surface area contributed by atoms with Crippen molar-refractivity contribution in [3.63, 3.8) is 0 Å². The van der Waals surface area contributed by atoms with Gasteiger partial charge in [0.2, 0.25) is 5.91 Å². The lowest BCUT2D eigenvalue weighted by atomic mass is 9.96. The van der Waals surface area contributed by atoms with Crippen LogP contribution in [-0.2, 0) is 25.8 Å². The van der Waals surface area contributed by atoms with Crippen LogP contribution in [0.25, 0.3) is 0 Å². The lowest BCUT2D eigenvalue weighted by Crippen LogP contribution is -2.36.